The fourth-order valence-electron chi connectivity index (χ4n) is 2.95. The van der Waals surface area contributed by atoms with E-state index < -0.39 is 96.0 Å². The molecule has 0 aromatic rings. The molecule has 3 atom stereocenters. The Bertz CT molecular complexity index is 551. The summed E-state index contributed by atoms with van der Waals surface area (Å²) < 4.78 is 36.7. The predicted octanol–water partition coefficient (Wildman–Crippen LogP) is -0.489. The summed E-state index contributed by atoms with van der Waals surface area (Å²) in [4.78, 5) is 75.6. The van der Waals surface area contributed by atoms with Gasteiger partial charge in [-0.3, -0.25) is 18.1 Å². The van der Waals surface area contributed by atoms with Crippen molar-refractivity contribution in [1.29, 1.82) is 0 Å². The lowest BCUT2D eigenvalue weighted by Crippen LogP contribution is -2.44. The first-order valence-corrected chi connectivity index (χ1v) is 13.9. The molecule has 0 aliphatic heterocycles. The summed E-state index contributed by atoms with van der Waals surface area (Å²) in [5, 5.41) is 15.7. The predicted molar refractivity (Wildman–Crippen MR) is 109 cm³/mol. The van der Waals surface area contributed by atoms with Crippen LogP contribution in [0.4, 0.5) is 0 Å². The molecule has 194 valence electrons. The zero-order valence-corrected chi connectivity index (χ0v) is 20.7. The van der Waals surface area contributed by atoms with Crippen LogP contribution >= 0.6 is 33.4 Å². The van der Waals surface area contributed by atoms with Crippen molar-refractivity contribution in [3.8, 4) is 0 Å². The molecular weight excluding hydrogens is 524 g/mol. The molecule has 0 fully saturated rings. The number of ether oxygens (including phenoxy) is 2. The van der Waals surface area contributed by atoms with Crippen molar-refractivity contribution in [2.24, 2.45) is 0 Å². The van der Waals surface area contributed by atoms with E-state index in [-0.39, 0.29) is 0 Å². The number of hydrogen-bond acceptors (Lipinski definition) is 14. The molecule has 0 aliphatic rings. The topological polar surface area (TPSA) is 266 Å². The largest absolute Gasteiger partial charge is 0.371 e. The molecule has 0 aliphatic carbocycles. The van der Waals surface area contributed by atoms with Crippen molar-refractivity contribution in [3.05, 3.63) is 0 Å². The van der Waals surface area contributed by atoms with Crippen molar-refractivity contribution in [2.75, 3.05) is 13.6 Å². The van der Waals surface area contributed by atoms with Crippen LogP contribution in [-0.2, 0) is 27.6 Å². The maximum Gasteiger partial charge on any atom is 0.357 e. The SMILES string of the molecule is CCC(CC(CC(CC(C)OCO)(OP(O)O)OP(O)O)OCO)(OP(O)O)P(=O)(O)O. The van der Waals surface area contributed by atoms with E-state index in [4.69, 9.17) is 28.2 Å². The fraction of sp³-hybridized carbons (Fsp3) is 1.00. The molecule has 0 spiro atoms. The van der Waals surface area contributed by atoms with Crippen molar-refractivity contribution < 1.29 is 77.0 Å². The van der Waals surface area contributed by atoms with Gasteiger partial charge in [-0.25, -0.2) is 0 Å². The summed E-state index contributed by atoms with van der Waals surface area (Å²) in [6, 6.07) is 0. The highest BCUT2D eigenvalue weighted by atomic mass is 31.2. The van der Waals surface area contributed by atoms with Crippen LogP contribution in [0.1, 0.15) is 39.5 Å². The summed E-state index contributed by atoms with van der Waals surface area (Å²) in [5.41, 5.74) is 0. The highest BCUT2D eigenvalue weighted by Gasteiger charge is 2.52. The molecule has 3 unspecified atom stereocenters. The van der Waals surface area contributed by atoms with Gasteiger partial charge in [-0.2, -0.15) is 0 Å². The molecule has 0 amide bonds. The van der Waals surface area contributed by atoms with E-state index in [9.17, 15) is 48.8 Å². The van der Waals surface area contributed by atoms with Gasteiger partial charge >= 0.3 is 33.4 Å². The van der Waals surface area contributed by atoms with E-state index in [1.807, 2.05) is 0 Å². The molecular formula is C12H30O16P4. The van der Waals surface area contributed by atoms with Gasteiger partial charge in [-0.15, -0.1) is 0 Å². The Morgan fingerprint density at radius 2 is 1.28 bits per heavy atom. The standard InChI is InChI=1S/C12H30O16P4/c1-3-12(28-31(19)20,32(21,22)23)6-10(25-8-14)5-11(26-29(15)16,27-30(17)18)4-9(2)24-7-13/h9-10,13-20H,3-8H2,1-2H3,(H2,21,22,23). The van der Waals surface area contributed by atoms with Crippen molar-refractivity contribution in [3.63, 3.8) is 0 Å². The minimum absolute atomic E-state index is 0.458. The van der Waals surface area contributed by atoms with Gasteiger partial charge in [-0.1, -0.05) is 6.92 Å². The van der Waals surface area contributed by atoms with Crippen LogP contribution < -0.4 is 0 Å². The molecule has 20 heteroatoms. The molecule has 16 nitrogen and oxygen atoms in total. The Morgan fingerprint density at radius 3 is 1.62 bits per heavy atom. The average molecular weight is 554 g/mol. The average Bonchev–Trinajstić information content (AvgIpc) is 2.58. The maximum absolute atomic E-state index is 12.1. The van der Waals surface area contributed by atoms with Gasteiger partial charge in [0.25, 0.3) is 0 Å². The monoisotopic (exact) mass is 554 g/mol. The minimum Gasteiger partial charge on any atom is -0.371 e. The van der Waals surface area contributed by atoms with E-state index in [0.717, 1.165) is 0 Å². The molecule has 0 radical (unpaired) electrons. The summed E-state index contributed by atoms with van der Waals surface area (Å²) >= 11 is 0. The zero-order chi connectivity index (χ0) is 25.2. The van der Waals surface area contributed by atoms with Gasteiger partial charge < -0.3 is 58.8 Å². The first-order valence-electron chi connectivity index (χ1n) is 8.77. The summed E-state index contributed by atoms with van der Waals surface area (Å²) in [6.45, 7) is 0.868. The van der Waals surface area contributed by atoms with Crippen molar-refractivity contribution in [2.45, 2.75) is 62.9 Å². The van der Waals surface area contributed by atoms with E-state index >= 15 is 0 Å². The van der Waals surface area contributed by atoms with Crippen molar-refractivity contribution >= 4 is 33.4 Å². The second kappa shape index (κ2) is 15.1. The van der Waals surface area contributed by atoms with Gasteiger partial charge in [0, 0.05) is 19.3 Å². The number of aliphatic hydroxyl groups excluding tert-OH is 2. The lowest BCUT2D eigenvalue weighted by atomic mass is 9.97. The number of hydrogen-bond donors (Lipinski definition) is 10. The first-order chi connectivity index (χ1) is 14.7. The molecule has 32 heavy (non-hydrogen) atoms. The third kappa shape index (κ3) is 11.6. The molecule has 0 bridgehead atoms. The second-order valence-electron chi connectivity index (χ2n) is 6.42. The van der Waals surface area contributed by atoms with Crippen LogP contribution in [0.25, 0.3) is 0 Å². The van der Waals surface area contributed by atoms with Gasteiger partial charge in [0.15, 0.2) is 11.1 Å². The summed E-state index contributed by atoms with van der Waals surface area (Å²) in [5.74, 6) is -2.32. The lowest BCUT2D eigenvalue weighted by molar-refractivity contribution is -0.191. The molecule has 0 rings (SSSR count). The van der Waals surface area contributed by atoms with Crippen LogP contribution in [-0.4, -0.2) is 86.3 Å². The molecule has 10 N–H and O–H groups in total. The minimum atomic E-state index is -5.21. The smallest absolute Gasteiger partial charge is 0.357 e. The van der Waals surface area contributed by atoms with Gasteiger partial charge in [0.2, 0.25) is 0 Å². The molecule has 0 aromatic carbocycles. The Kier molecular flexibility index (Phi) is 15.6. The Morgan fingerprint density at radius 1 is 0.812 bits per heavy atom. The summed E-state index contributed by atoms with van der Waals surface area (Å²) in [6.07, 6.45) is -4.92. The van der Waals surface area contributed by atoms with Crippen LogP contribution in [0.2, 0.25) is 0 Å². The molecule has 0 saturated carbocycles. The van der Waals surface area contributed by atoms with Gasteiger partial charge in [-0.05, 0) is 13.3 Å². The van der Waals surface area contributed by atoms with Crippen LogP contribution in [0.15, 0.2) is 0 Å². The van der Waals surface area contributed by atoms with Crippen LogP contribution in [0.3, 0.4) is 0 Å². The van der Waals surface area contributed by atoms with E-state index in [0.29, 0.717) is 0 Å². The Hall–Kier alpha value is 0.920. The summed E-state index contributed by atoms with van der Waals surface area (Å²) in [7, 11) is -14.9. The highest BCUT2D eigenvalue weighted by molar-refractivity contribution is 7.54. The Balaban J connectivity index is 6.22. The lowest BCUT2D eigenvalue weighted by Gasteiger charge is -2.40. The number of aliphatic hydroxyl groups is 2. The maximum atomic E-state index is 12.1. The first kappa shape index (κ1) is 32.9. The quantitative estimate of drug-likeness (QED) is 0.0756. The van der Waals surface area contributed by atoms with Gasteiger partial charge in [0.1, 0.15) is 13.6 Å². The fourth-order valence-corrected chi connectivity index (χ4v) is 5.98. The van der Waals surface area contributed by atoms with E-state index in [1.165, 1.54) is 13.8 Å². The Labute approximate surface area is 187 Å². The zero-order valence-electron chi connectivity index (χ0n) is 17.1. The third-order valence-electron chi connectivity index (χ3n) is 4.18. The van der Waals surface area contributed by atoms with Gasteiger partial charge in [0.05, 0.1) is 12.2 Å². The van der Waals surface area contributed by atoms with Crippen LogP contribution in [0.5, 0.6) is 0 Å². The third-order valence-corrected chi connectivity index (χ3v) is 7.48. The molecule has 0 aromatic heterocycles. The normalized spacial score (nSPS) is 17.2. The van der Waals surface area contributed by atoms with Crippen LogP contribution in [0, 0.1) is 0 Å². The second-order valence-corrected chi connectivity index (χ2v) is 10.4. The van der Waals surface area contributed by atoms with E-state index in [2.05, 4.69) is 0 Å². The number of rotatable bonds is 18. The molecule has 0 heterocycles. The molecule has 0 saturated heterocycles. The highest BCUT2D eigenvalue weighted by Crippen LogP contribution is 2.60. The van der Waals surface area contributed by atoms with E-state index in [1.54, 1.807) is 0 Å². The van der Waals surface area contributed by atoms with Crippen molar-refractivity contribution in [1.82, 2.24) is 0 Å².